The van der Waals surface area contributed by atoms with Gasteiger partial charge in [-0.25, -0.2) is 33.8 Å². The molecule has 4 rings (SSSR count). The van der Waals surface area contributed by atoms with Crippen LogP contribution < -0.4 is 4.90 Å². The van der Waals surface area contributed by atoms with E-state index in [0.29, 0.717) is 11.5 Å². The molecule has 1 saturated heterocycles. The molecule has 0 aromatic carbocycles. The molecule has 22 heteroatoms. The number of fused-ring (bicyclic) bond motifs is 1. The zero-order valence-corrected chi connectivity index (χ0v) is 38.7. The Morgan fingerprint density at radius 1 is 0.917 bits per heavy atom. The molecule has 0 saturated carbocycles. The first-order valence-electron chi connectivity index (χ1n) is 19.6. The highest BCUT2D eigenvalue weighted by molar-refractivity contribution is 6.76. The molecule has 1 aliphatic rings. The second-order valence-electron chi connectivity index (χ2n) is 18.4. The van der Waals surface area contributed by atoms with Crippen molar-refractivity contribution in [1.29, 1.82) is 0 Å². The van der Waals surface area contributed by atoms with E-state index in [1.165, 1.54) is 21.9 Å². The van der Waals surface area contributed by atoms with Gasteiger partial charge in [0.2, 0.25) is 11.4 Å². The summed E-state index contributed by atoms with van der Waals surface area (Å²) in [4.78, 5) is 71.5. The van der Waals surface area contributed by atoms with Crippen LogP contribution in [0.25, 0.3) is 11.2 Å². The number of amides is 2. The third-order valence-corrected chi connectivity index (χ3v) is 10.1. The number of esters is 1. The highest BCUT2D eigenvalue weighted by atomic mass is 35.5. The Hall–Kier alpha value is -4.44. The van der Waals surface area contributed by atoms with Gasteiger partial charge in [0.25, 0.3) is 0 Å². The fourth-order valence-corrected chi connectivity index (χ4v) is 6.50. The van der Waals surface area contributed by atoms with E-state index in [9.17, 15) is 19.2 Å². The SMILES string of the molecule is CCOC(=O)C(OC[C@H]1O[C@@H](n2cnc3c(N(C(=O)OC(C)(C)C)C(=O)OC(C)(C)C)nc(Cl)nc32)[C@H](OC(=O)OC(C)(C)C)[C@@H]1C)c1ncn(COCC[Si](C)(C)C)n1. The van der Waals surface area contributed by atoms with Crippen molar-refractivity contribution >= 4 is 61.0 Å². The fourth-order valence-electron chi connectivity index (χ4n) is 5.58. The number of aromatic nitrogens is 7. The number of rotatable bonds is 14. The Morgan fingerprint density at radius 2 is 1.53 bits per heavy atom. The highest BCUT2D eigenvalue weighted by Gasteiger charge is 2.48. The average Bonchev–Trinajstić information content (AvgIpc) is 3.79. The molecule has 5 atom stereocenters. The Labute approximate surface area is 355 Å². The van der Waals surface area contributed by atoms with E-state index < -0.39 is 79.6 Å². The molecule has 1 unspecified atom stereocenters. The monoisotopic (exact) mass is 882 g/mol. The van der Waals surface area contributed by atoms with Gasteiger partial charge in [-0.15, -0.1) is 0 Å². The second-order valence-corrected chi connectivity index (χ2v) is 24.3. The van der Waals surface area contributed by atoms with Crippen molar-refractivity contribution in [3.63, 3.8) is 0 Å². The van der Waals surface area contributed by atoms with Gasteiger partial charge in [0.05, 0.1) is 25.6 Å². The van der Waals surface area contributed by atoms with E-state index >= 15 is 0 Å². The van der Waals surface area contributed by atoms with Gasteiger partial charge in [0.1, 0.15) is 29.9 Å². The molecule has 3 aromatic heterocycles. The van der Waals surface area contributed by atoms with Crippen molar-refractivity contribution in [2.75, 3.05) is 24.7 Å². The van der Waals surface area contributed by atoms with Crippen LogP contribution in [0.3, 0.4) is 0 Å². The average molecular weight is 883 g/mol. The first-order valence-corrected chi connectivity index (χ1v) is 23.7. The van der Waals surface area contributed by atoms with E-state index in [1.54, 1.807) is 76.2 Å². The van der Waals surface area contributed by atoms with E-state index in [-0.39, 0.29) is 48.0 Å². The minimum absolute atomic E-state index is 0.00937. The lowest BCUT2D eigenvalue weighted by atomic mass is 10.0. The van der Waals surface area contributed by atoms with Crippen molar-refractivity contribution in [3.05, 3.63) is 23.8 Å². The largest absolute Gasteiger partial charge is 0.509 e. The van der Waals surface area contributed by atoms with Crippen molar-refractivity contribution in [3.8, 4) is 0 Å². The van der Waals surface area contributed by atoms with Crippen molar-refractivity contribution in [2.24, 2.45) is 5.92 Å². The number of imidazole rings is 1. The number of hydrogen-bond donors (Lipinski definition) is 0. The zero-order chi connectivity index (χ0) is 45.0. The normalized spacial score (nSPS) is 19.2. The van der Waals surface area contributed by atoms with Crippen LogP contribution in [0.15, 0.2) is 12.7 Å². The topological polar surface area (TPSA) is 220 Å². The summed E-state index contributed by atoms with van der Waals surface area (Å²) in [6, 6.07) is 0.967. The summed E-state index contributed by atoms with van der Waals surface area (Å²) in [6.07, 6.45) is -4.91. The van der Waals surface area contributed by atoms with Crippen molar-refractivity contribution < 1.29 is 57.1 Å². The number of halogens is 1. The zero-order valence-electron chi connectivity index (χ0n) is 36.9. The fraction of sp³-hybridized carbons (Fsp3) is 0.711. The molecule has 0 bridgehead atoms. The molecular weight excluding hydrogens is 824 g/mol. The molecule has 0 spiro atoms. The third kappa shape index (κ3) is 13.5. The van der Waals surface area contributed by atoms with E-state index in [0.717, 1.165) is 6.04 Å². The van der Waals surface area contributed by atoms with Crippen LogP contribution in [0.5, 0.6) is 0 Å². The number of nitrogens with zero attached hydrogens (tertiary/aromatic N) is 8. The standard InChI is InChI=1S/C38H59ClN8O12Si/c1-15-53-31(48)26(27-41-19-45(44-27)21-52-16-17-60(12,13)14)54-18-23-22(2)25(56-35(51)59-38(9,10)11)30(55-23)46-20-40-24-28(46)42-32(39)43-29(24)47(33(49)57-36(3,4)5)34(50)58-37(6,7)8/h19-20,22-23,25-26,30H,15-18,21H2,1-14H3/t22-,23-,25-,26?,30-/m1/s1. The van der Waals surface area contributed by atoms with Gasteiger partial charge >= 0.3 is 24.3 Å². The lowest BCUT2D eigenvalue weighted by Gasteiger charge is -2.28. The van der Waals surface area contributed by atoms with Gasteiger partial charge < -0.3 is 37.9 Å². The molecule has 2 amide bonds. The van der Waals surface area contributed by atoms with Crippen LogP contribution in [-0.4, -0.2) is 116 Å². The van der Waals surface area contributed by atoms with E-state index in [2.05, 4.69) is 44.7 Å². The van der Waals surface area contributed by atoms with Gasteiger partial charge in [-0.3, -0.25) is 4.57 Å². The van der Waals surface area contributed by atoms with Crippen molar-refractivity contribution in [1.82, 2.24) is 34.3 Å². The number of anilines is 1. The molecule has 3 aromatic rings. The van der Waals surface area contributed by atoms with Crippen LogP contribution in [0.1, 0.15) is 94.3 Å². The first kappa shape index (κ1) is 48.2. The second kappa shape index (κ2) is 19.1. The third-order valence-electron chi connectivity index (χ3n) is 8.27. The maximum absolute atomic E-state index is 13.6. The summed E-state index contributed by atoms with van der Waals surface area (Å²) in [6.45, 7) is 25.5. The van der Waals surface area contributed by atoms with Crippen LogP contribution in [0.2, 0.25) is 31.0 Å². The van der Waals surface area contributed by atoms with Crippen LogP contribution >= 0.6 is 11.6 Å². The molecule has 20 nitrogen and oxygen atoms in total. The number of ether oxygens (including phenoxy) is 8. The minimum Gasteiger partial charge on any atom is -0.464 e. The quantitative estimate of drug-likeness (QED) is 0.0512. The van der Waals surface area contributed by atoms with Crippen LogP contribution in [0, 0.1) is 5.92 Å². The smallest absolute Gasteiger partial charge is 0.464 e. The van der Waals surface area contributed by atoms with Gasteiger partial charge in [-0.05, 0) is 86.9 Å². The maximum Gasteiger partial charge on any atom is 0.509 e. The molecule has 0 aliphatic carbocycles. The van der Waals surface area contributed by atoms with Gasteiger partial charge in [-0.1, -0.05) is 26.6 Å². The number of hydrogen-bond acceptors (Lipinski definition) is 17. The number of imide groups is 1. The Balaban J connectivity index is 1.70. The van der Waals surface area contributed by atoms with Gasteiger partial charge in [0.15, 0.2) is 35.1 Å². The van der Waals surface area contributed by atoms with Crippen LogP contribution in [-0.2, 0) is 49.4 Å². The number of carbonyl (C=O) groups is 4. The molecule has 0 N–H and O–H groups in total. The number of carbonyl (C=O) groups excluding carboxylic acids is 4. The predicted molar refractivity (Wildman–Crippen MR) is 219 cm³/mol. The first-order chi connectivity index (χ1) is 27.7. The Bertz CT molecular complexity index is 1960. The summed E-state index contributed by atoms with van der Waals surface area (Å²) >= 11 is 6.46. The van der Waals surface area contributed by atoms with Gasteiger partial charge in [0, 0.05) is 20.6 Å². The summed E-state index contributed by atoms with van der Waals surface area (Å²) in [5.74, 6) is -1.64. The molecule has 334 valence electrons. The Morgan fingerprint density at radius 3 is 2.10 bits per heavy atom. The summed E-state index contributed by atoms with van der Waals surface area (Å²) in [7, 11) is -1.31. The maximum atomic E-state index is 13.6. The predicted octanol–water partition coefficient (Wildman–Crippen LogP) is 7.23. The Kier molecular flexibility index (Phi) is 15.3. The van der Waals surface area contributed by atoms with Crippen LogP contribution in [0.4, 0.5) is 20.2 Å². The summed E-state index contributed by atoms with van der Waals surface area (Å²) in [5.41, 5.74) is -3.02. The molecule has 60 heavy (non-hydrogen) atoms. The molecule has 4 heterocycles. The van der Waals surface area contributed by atoms with E-state index in [1.807, 2.05) is 0 Å². The lowest BCUT2D eigenvalue weighted by Crippen LogP contribution is -2.44. The molecule has 1 aliphatic heterocycles. The summed E-state index contributed by atoms with van der Waals surface area (Å²) in [5, 5.41) is 4.04. The molecule has 1 fully saturated rings. The van der Waals surface area contributed by atoms with E-state index in [4.69, 9.17) is 49.5 Å². The molecule has 0 radical (unpaired) electrons. The minimum atomic E-state index is -1.34. The van der Waals surface area contributed by atoms with Crippen molar-refractivity contribution in [2.45, 2.75) is 150 Å². The van der Waals surface area contributed by atoms with Gasteiger partial charge in [-0.2, -0.15) is 20.0 Å². The lowest BCUT2D eigenvalue weighted by molar-refractivity contribution is -0.161. The highest BCUT2D eigenvalue weighted by Crippen LogP contribution is 2.40. The molecular formula is C38H59ClN8O12Si. The summed E-state index contributed by atoms with van der Waals surface area (Å²) < 4.78 is 49.1.